The minimum atomic E-state index is -0.0257. The van der Waals surface area contributed by atoms with Gasteiger partial charge in [-0.05, 0) is 26.2 Å². The van der Waals surface area contributed by atoms with E-state index in [0.29, 0.717) is 18.8 Å². The van der Waals surface area contributed by atoms with Crippen molar-refractivity contribution in [3.05, 3.63) is 35.6 Å². The summed E-state index contributed by atoms with van der Waals surface area (Å²) in [4.78, 5) is 14.8. The Morgan fingerprint density at radius 1 is 1.27 bits per heavy atom. The molecule has 2 atom stereocenters. The summed E-state index contributed by atoms with van der Waals surface area (Å²) in [5.41, 5.74) is 1.78. The number of fused-ring (bicyclic) bond motifs is 1. The maximum atomic E-state index is 12.9. The lowest BCUT2D eigenvalue weighted by Crippen LogP contribution is -2.48. The van der Waals surface area contributed by atoms with E-state index in [4.69, 9.17) is 9.15 Å². The van der Waals surface area contributed by atoms with Crippen LogP contribution >= 0.6 is 11.8 Å². The number of nitrogens with zero attached hydrogens (tertiary/aromatic N) is 1. The van der Waals surface area contributed by atoms with Crippen LogP contribution in [0, 0.1) is 0 Å². The van der Waals surface area contributed by atoms with Crippen LogP contribution in [-0.4, -0.2) is 42.4 Å². The SMILES string of the molecule is CSCc1c(C(=O)N2C[C@@H](C)O[C@H](C)C2)oc2ccccc12. The summed E-state index contributed by atoms with van der Waals surface area (Å²) in [6.45, 7) is 5.21. The molecule has 4 nitrogen and oxygen atoms in total. The van der Waals surface area contributed by atoms with E-state index in [1.807, 2.05) is 49.3 Å². The first-order valence-corrected chi connectivity index (χ1v) is 8.93. The van der Waals surface area contributed by atoms with Crippen LogP contribution in [0.2, 0.25) is 0 Å². The fourth-order valence-electron chi connectivity index (χ4n) is 3.05. The van der Waals surface area contributed by atoms with Gasteiger partial charge in [-0.2, -0.15) is 11.8 Å². The van der Waals surface area contributed by atoms with Crippen molar-refractivity contribution in [2.24, 2.45) is 0 Å². The molecule has 1 amide bonds. The number of carbonyl (C=O) groups is 1. The second-order valence-corrected chi connectivity index (χ2v) is 6.67. The van der Waals surface area contributed by atoms with Gasteiger partial charge in [0.1, 0.15) is 5.58 Å². The largest absolute Gasteiger partial charge is 0.451 e. The smallest absolute Gasteiger partial charge is 0.290 e. The predicted molar refractivity (Wildman–Crippen MR) is 89.3 cm³/mol. The molecule has 1 aliphatic rings. The lowest BCUT2D eigenvalue weighted by molar-refractivity contribution is -0.0592. The quantitative estimate of drug-likeness (QED) is 0.868. The van der Waals surface area contributed by atoms with Crippen LogP contribution < -0.4 is 0 Å². The van der Waals surface area contributed by atoms with Gasteiger partial charge in [0.15, 0.2) is 5.76 Å². The van der Waals surface area contributed by atoms with Crippen molar-refractivity contribution in [3.63, 3.8) is 0 Å². The van der Waals surface area contributed by atoms with Crippen LogP contribution in [-0.2, 0) is 10.5 Å². The third-order valence-electron chi connectivity index (χ3n) is 3.89. The molecule has 0 bridgehead atoms. The molecule has 0 N–H and O–H groups in total. The van der Waals surface area contributed by atoms with E-state index in [-0.39, 0.29) is 18.1 Å². The molecule has 1 aromatic heterocycles. The molecule has 1 aromatic carbocycles. The van der Waals surface area contributed by atoms with Crippen molar-refractivity contribution >= 4 is 28.6 Å². The van der Waals surface area contributed by atoms with Crippen molar-refractivity contribution < 1.29 is 13.9 Å². The highest BCUT2D eigenvalue weighted by Crippen LogP contribution is 2.30. The summed E-state index contributed by atoms with van der Waals surface area (Å²) >= 11 is 1.70. The van der Waals surface area contributed by atoms with Gasteiger partial charge < -0.3 is 14.1 Å². The predicted octanol–water partition coefficient (Wildman–Crippen LogP) is 3.55. The van der Waals surface area contributed by atoms with Gasteiger partial charge >= 0.3 is 0 Å². The minimum Gasteiger partial charge on any atom is -0.451 e. The maximum Gasteiger partial charge on any atom is 0.290 e. The van der Waals surface area contributed by atoms with Gasteiger partial charge in [0, 0.05) is 29.8 Å². The first-order valence-electron chi connectivity index (χ1n) is 7.54. The molecule has 1 aliphatic heterocycles. The second-order valence-electron chi connectivity index (χ2n) is 5.81. The molecule has 118 valence electrons. The Kier molecular flexibility index (Phi) is 4.45. The lowest BCUT2D eigenvalue weighted by atomic mass is 10.1. The van der Waals surface area contributed by atoms with Crippen molar-refractivity contribution in [1.82, 2.24) is 4.90 Å². The molecule has 22 heavy (non-hydrogen) atoms. The van der Waals surface area contributed by atoms with E-state index in [2.05, 4.69) is 0 Å². The molecule has 0 spiro atoms. The van der Waals surface area contributed by atoms with Gasteiger partial charge in [-0.25, -0.2) is 0 Å². The van der Waals surface area contributed by atoms with Gasteiger partial charge in [0.25, 0.3) is 5.91 Å². The normalized spacial score (nSPS) is 22.2. The van der Waals surface area contributed by atoms with Crippen molar-refractivity contribution in [2.75, 3.05) is 19.3 Å². The van der Waals surface area contributed by atoms with Gasteiger partial charge in [-0.15, -0.1) is 0 Å². The molecule has 0 unspecified atom stereocenters. The summed E-state index contributed by atoms with van der Waals surface area (Å²) < 4.78 is 11.6. The number of carbonyl (C=O) groups excluding carboxylic acids is 1. The van der Waals surface area contributed by atoms with Gasteiger partial charge in [0.2, 0.25) is 0 Å². The number of para-hydroxylation sites is 1. The summed E-state index contributed by atoms with van der Waals surface area (Å²) in [6, 6.07) is 7.85. The number of hydrogen-bond acceptors (Lipinski definition) is 4. The van der Waals surface area contributed by atoms with Gasteiger partial charge in [-0.1, -0.05) is 18.2 Å². The highest BCUT2D eigenvalue weighted by molar-refractivity contribution is 7.97. The van der Waals surface area contributed by atoms with E-state index in [0.717, 1.165) is 22.3 Å². The molecular formula is C17H21NO3S. The highest BCUT2D eigenvalue weighted by atomic mass is 32.2. The van der Waals surface area contributed by atoms with E-state index >= 15 is 0 Å². The fourth-order valence-corrected chi connectivity index (χ4v) is 3.62. The average Bonchev–Trinajstić information content (AvgIpc) is 2.85. The van der Waals surface area contributed by atoms with E-state index in [9.17, 15) is 4.79 Å². The van der Waals surface area contributed by atoms with Crippen molar-refractivity contribution in [2.45, 2.75) is 31.8 Å². The Labute approximate surface area is 134 Å². The molecule has 1 saturated heterocycles. The Morgan fingerprint density at radius 3 is 2.64 bits per heavy atom. The molecule has 2 aromatic rings. The molecule has 2 heterocycles. The van der Waals surface area contributed by atoms with Crippen LogP contribution in [0.4, 0.5) is 0 Å². The van der Waals surface area contributed by atoms with Crippen LogP contribution in [0.5, 0.6) is 0 Å². The Bertz CT molecular complexity index is 672. The highest BCUT2D eigenvalue weighted by Gasteiger charge is 2.30. The first kappa shape index (κ1) is 15.4. The fraction of sp³-hybridized carbons (Fsp3) is 0.471. The summed E-state index contributed by atoms with van der Waals surface area (Å²) in [5.74, 6) is 1.23. The first-order chi connectivity index (χ1) is 10.6. The van der Waals surface area contributed by atoms with E-state index in [1.165, 1.54) is 0 Å². The van der Waals surface area contributed by atoms with E-state index < -0.39 is 0 Å². The molecule has 3 rings (SSSR count). The van der Waals surface area contributed by atoms with Gasteiger partial charge in [-0.3, -0.25) is 4.79 Å². The Hall–Kier alpha value is -1.46. The average molecular weight is 319 g/mol. The van der Waals surface area contributed by atoms with Crippen LogP contribution in [0.25, 0.3) is 11.0 Å². The Balaban J connectivity index is 1.97. The third-order valence-corrected chi connectivity index (χ3v) is 4.47. The van der Waals surface area contributed by atoms with Crippen LogP contribution in [0.15, 0.2) is 28.7 Å². The summed E-state index contributed by atoms with van der Waals surface area (Å²) in [6.07, 6.45) is 2.15. The number of morpholine rings is 1. The number of rotatable bonds is 3. The molecule has 0 saturated carbocycles. The Morgan fingerprint density at radius 2 is 1.95 bits per heavy atom. The zero-order valence-electron chi connectivity index (χ0n) is 13.2. The maximum absolute atomic E-state index is 12.9. The van der Waals surface area contributed by atoms with E-state index in [1.54, 1.807) is 11.8 Å². The topological polar surface area (TPSA) is 42.7 Å². The zero-order chi connectivity index (χ0) is 15.7. The molecule has 1 fully saturated rings. The summed E-state index contributed by atoms with van der Waals surface area (Å²) in [7, 11) is 0. The van der Waals surface area contributed by atoms with Crippen LogP contribution in [0.3, 0.4) is 0 Å². The number of amides is 1. The second kappa shape index (κ2) is 6.34. The minimum absolute atomic E-state index is 0.0257. The monoisotopic (exact) mass is 319 g/mol. The molecule has 0 radical (unpaired) electrons. The number of benzene rings is 1. The number of hydrogen-bond donors (Lipinski definition) is 0. The number of ether oxygens (including phenoxy) is 1. The number of thioether (sulfide) groups is 1. The standard InChI is InChI=1S/C17H21NO3S/c1-11-8-18(9-12(2)20-11)17(19)16-14(10-22-3)13-6-4-5-7-15(13)21-16/h4-7,11-12H,8-10H2,1-3H3/t11-,12-/m1/s1. The third kappa shape index (κ3) is 2.88. The molecular weight excluding hydrogens is 298 g/mol. The van der Waals surface area contributed by atoms with Crippen molar-refractivity contribution in [3.8, 4) is 0 Å². The van der Waals surface area contributed by atoms with Gasteiger partial charge in [0.05, 0.1) is 12.2 Å². The summed E-state index contributed by atoms with van der Waals surface area (Å²) in [5, 5.41) is 1.04. The molecule has 0 aliphatic carbocycles. The van der Waals surface area contributed by atoms with Crippen LogP contribution in [0.1, 0.15) is 30.0 Å². The zero-order valence-corrected chi connectivity index (χ0v) is 14.0. The molecule has 5 heteroatoms. The van der Waals surface area contributed by atoms with Crippen molar-refractivity contribution in [1.29, 1.82) is 0 Å². The lowest BCUT2D eigenvalue weighted by Gasteiger charge is -2.34. The number of furan rings is 1.